The quantitative estimate of drug-likeness (QED) is 0.780. The molecule has 0 amide bonds. The molecule has 1 aromatic carbocycles. The normalized spacial score (nSPS) is 10.2. The van der Waals surface area contributed by atoms with Crippen molar-refractivity contribution in [3.05, 3.63) is 29.3 Å². The van der Waals surface area contributed by atoms with Crippen LogP contribution in [0.25, 0.3) is 0 Å². The van der Waals surface area contributed by atoms with Crippen LogP contribution >= 0.6 is 0 Å². The number of benzene rings is 1. The first kappa shape index (κ1) is 9.92. The number of halogens is 2. The summed E-state index contributed by atoms with van der Waals surface area (Å²) < 4.78 is 30.7. The van der Waals surface area contributed by atoms with Crippen LogP contribution in [0.2, 0.25) is 0 Å². The fourth-order valence-electron chi connectivity index (χ4n) is 0.910. The van der Waals surface area contributed by atoms with E-state index < -0.39 is 11.6 Å². The zero-order chi connectivity index (χ0) is 9.84. The lowest BCUT2D eigenvalue weighted by Crippen LogP contribution is -2.11. The summed E-state index contributed by atoms with van der Waals surface area (Å²) in [5.74, 6) is -1.22. The van der Waals surface area contributed by atoms with E-state index in [1.54, 1.807) is 6.92 Å². The standard InChI is InChI=1S/C9H11F2NO/c1-6-4-9(13-3-2-12)8(11)5-7(6)10/h4-5H,2-3,12H2,1H3. The highest BCUT2D eigenvalue weighted by molar-refractivity contribution is 5.30. The molecule has 0 heterocycles. The first-order valence-electron chi connectivity index (χ1n) is 3.93. The minimum absolute atomic E-state index is 0.0457. The van der Waals surface area contributed by atoms with Gasteiger partial charge in [0.15, 0.2) is 11.6 Å². The lowest BCUT2D eigenvalue weighted by atomic mass is 10.2. The minimum Gasteiger partial charge on any atom is -0.489 e. The molecule has 0 saturated heterocycles. The zero-order valence-electron chi connectivity index (χ0n) is 7.31. The summed E-state index contributed by atoms with van der Waals surface area (Å²) in [6, 6.07) is 2.13. The zero-order valence-corrected chi connectivity index (χ0v) is 7.31. The van der Waals surface area contributed by atoms with E-state index in [-0.39, 0.29) is 12.4 Å². The van der Waals surface area contributed by atoms with E-state index in [2.05, 4.69) is 0 Å². The molecule has 13 heavy (non-hydrogen) atoms. The van der Waals surface area contributed by atoms with Gasteiger partial charge in [-0.05, 0) is 18.6 Å². The Morgan fingerprint density at radius 1 is 1.31 bits per heavy atom. The van der Waals surface area contributed by atoms with Gasteiger partial charge in [-0.2, -0.15) is 0 Å². The fraction of sp³-hybridized carbons (Fsp3) is 0.333. The average molecular weight is 187 g/mol. The number of nitrogens with two attached hydrogens (primary N) is 1. The Morgan fingerprint density at radius 2 is 2.00 bits per heavy atom. The van der Waals surface area contributed by atoms with E-state index >= 15 is 0 Å². The molecule has 0 saturated carbocycles. The maximum atomic E-state index is 12.9. The van der Waals surface area contributed by atoms with Gasteiger partial charge in [0.05, 0.1) is 0 Å². The van der Waals surface area contributed by atoms with Crippen LogP contribution in [-0.4, -0.2) is 13.2 Å². The number of ether oxygens (including phenoxy) is 1. The van der Waals surface area contributed by atoms with Crippen LogP contribution in [0, 0.1) is 18.6 Å². The van der Waals surface area contributed by atoms with Gasteiger partial charge in [0.2, 0.25) is 0 Å². The Balaban J connectivity index is 2.88. The predicted molar refractivity (Wildman–Crippen MR) is 45.6 cm³/mol. The molecule has 4 heteroatoms. The highest BCUT2D eigenvalue weighted by Gasteiger charge is 2.07. The van der Waals surface area contributed by atoms with E-state index in [1.807, 2.05) is 0 Å². The molecule has 0 atom stereocenters. The van der Waals surface area contributed by atoms with Gasteiger partial charge < -0.3 is 10.5 Å². The molecule has 0 spiro atoms. The number of hydrogen-bond donors (Lipinski definition) is 1. The van der Waals surface area contributed by atoms with Crippen LogP contribution < -0.4 is 10.5 Å². The summed E-state index contributed by atoms with van der Waals surface area (Å²) >= 11 is 0. The predicted octanol–water partition coefficient (Wildman–Crippen LogP) is 1.61. The second kappa shape index (κ2) is 4.18. The van der Waals surface area contributed by atoms with Crippen molar-refractivity contribution in [2.45, 2.75) is 6.92 Å². The van der Waals surface area contributed by atoms with Crippen LogP contribution in [0.3, 0.4) is 0 Å². The molecule has 0 fully saturated rings. The van der Waals surface area contributed by atoms with Crippen molar-refractivity contribution in [1.29, 1.82) is 0 Å². The first-order chi connectivity index (χ1) is 6.15. The van der Waals surface area contributed by atoms with Gasteiger partial charge in [-0.25, -0.2) is 8.78 Å². The molecular formula is C9H11F2NO. The van der Waals surface area contributed by atoms with Gasteiger partial charge in [-0.1, -0.05) is 0 Å². The molecule has 0 bridgehead atoms. The molecule has 2 nitrogen and oxygen atoms in total. The summed E-state index contributed by atoms with van der Waals surface area (Å²) in [5, 5.41) is 0. The maximum absolute atomic E-state index is 12.9. The second-order valence-corrected chi connectivity index (χ2v) is 2.67. The second-order valence-electron chi connectivity index (χ2n) is 2.67. The van der Waals surface area contributed by atoms with Crippen molar-refractivity contribution in [3.63, 3.8) is 0 Å². The molecule has 1 rings (SSSR count). The number of aryl methyl sites for hydroxylation is 1. The highest BCUT2D eigenvalue weighted by atomic mass is 19.1. The Hall–Kier alpha value is -1.16. The average Bonchev–Trinajstić information content (AvgIpc) is 2.09. The molecular weight excluding hydrogens is 176 g/mol. The van der Waals surface area contributed by atoms with Crippen molar-refractivity contribution >= 4 is 0 Å². The van der Waals surface area contributed by atoms with Gasteiger partial charge in [0, 0.05) is 12.6 Å². The molecule has 0 aliphatic carbocycles. The van der Waals surface area contributed by atoms with Crippen LogP contribution in [0.4, 0.5) is 8.78 Å². The third-order valence-corrected chi connectivity index (χ3v) is 1.59. The Bertz CT molecular complexity index is 302. The van der Waals surface area contributed by atoms with Crippen LogP contribution in [0.5, 0.6) is 5.75 Å². The largest absolute Gasteiger partial charge is 0.489 e. The smallest absolute Gasteiger partial charge is 0.167 e. The van der Waals surface area contributed by atoms with E-state index in [1.165, 1.54) is 6.07 Å². The van der Waals surface area contributed by atoms with Crippen molar-refractivity contribution in [1.82, 2.24) is 0 Å². The third-order valence-electron chi connectivity index (χ3n) is 1.59. The first-order valence-corrected chi connectivity index (χ1v) is 3.93. The third kappa shape index (κ3) is 2.39. The van der Waals surface area contributed by atoms with Gasteiger partial charge >= 0.3 is 0 Å². The molecule has 1 aromatic rings. The monoisotopic (exact) mass is 187 g/mol. The number of rotatable bonds is 3. The summed E-state index contributed by atoms with van der Waals surface area (Å²) in [6.07, 6.45) is 0. The summed E-state index contributed by atoms with van der Waals surface area (Å²) in [5.41, 5.74) is 5.53. The van der Waals surface area contributed by atoms with Crippen molar-refractivity contribution < 1.29 is 13.5 Å². The van der Waals surface area contributed by atoms with Crippen LogP contribution in [-0.2, 0) is 0 Å². The topological polar surface area (TPSA) is 35.2 Å². The van der Waals surface area contributed by atoms with Gasteiger partial charge in [-0.15, -0.1) is 0 Å². The summed E-state index contributed by atoms with van der Waals surface area (Å²) in [7, 11) is 0. The fourth-order valence-corrected chi connectivity index (χ4v) is 0.910. The van der Waals surface area contributed by atoms with E-state index in [9.17, 15) is 8.78 Å². The summed E-state index contributed by atoms with van der Waals surface area (Å²) in [4.78, 5) is 0. The lowest BCUT2D eigenvalue weighted by molar-refractivity contribution is 0.309. The van der Waals surface area contributed by atoms with Crippen molar-refractivity contribution in [3.8, 4) is 5.75 Å². The molecule has 0 aliphatic heterocycles. The molecule has 0 aromatic heterocycles. The van der Waals surface area contributed by atoms with E-state index in [0.717, 1.165) is 6.07 Å². The van der Waals surface area contributed by atoms with Gasteiger partial charge in [0.25, 0.3) is 0 Å². The molecule has 72 valence electrons. The molecule has 0 aliphatic rings. The number of hydrogen-bond acceptors (Lipinski definition) is 2. The van der Waals surface area contributed by atoms with Crippen molar-refractivity contribution in [2.75, 3.05) is 13.2 Å². The SMILES string of the molecule is Cc1cc(OCCN)c(F)cc1F. The van der Waals surface area contributed by atoms with E-state index in [4.69, 9.17) is 10.5 Å². The van der Waals surface area contributed by atoms with Crippen LogP contribution in [0.15, 0.2) is 12.1 Å². The summed E-state index contributed by atoms with van der Waals surface area (Å²) in [6.45, 7) is 2.07. The van der Waals surface area contributed by atoms with Gasteiger partial charge in [-0.3, -0.25) is 0 Å². The van der Waals surface area contributed by atoms with Crippen molar-refractivity contribution in [2.24, 2.45) is 5.73 Å². The molecule has 0 radical (unpaired) electrons. The van der Waals surface area contributed by atoms with E-state index in [0.29, 0.717) is 12.1 Å². The maximum Gasteiger partial charge on any atom is 0.167 e. The Kier molecular flexibility index (Phi) is 3.19. The lowest BCUT2D eigenvalue weighted by Gasteiger charge is -2.06. The molecule has 2 N–H and O–H groups in total. The molecule has 0 unspecified atom stereocenters. The Labute approximate surface area is 75.3 Å². The Morgan fingerprint density at radius 3 is 2.62 bits per heavy atom. The minimum atomic E-state index is -0.698. The highest BCUT2D eigenvalue weighted by Crippen LogP contribution is 2.20. The van der Waals surface area contributed by atoms with Gasteiger partial charge in [0.1, 0.15) is 12.4 Å². The van der Waals surface area contributed by atoms with Crippen LogP contribution in [0.1, 0.15) is 5.56 Å².